The fourth-order valence-electron chi connectivity index (χ4n) is 1.07. The Morgan fingerprint density at radius 3 is 2.77 bits per heavy atom. The number of rotatable bonds is 3. The van der Waals surface area contributed by atoms with Gasteiger partial charge in [-0.1, -0.05) is 6.07 Å². The molecular weight excluding hydrogens is 188 g/mol. The highest BCUT2D eigenvalue weighted by Crippen LogP contribution is 2.08. The van der Waals surface area contributed by atoms with Gasteiger partial charge in [0.05, 0.1) is 11.4 Å². The van der Waals surface area contributed by atoms with Crippen molar-refractivity contribution < 1.29 is 8.42 Å². The second-order valence-electron chi connectivity index (χ2n) is 2.88. The van der Waals surface area contributed by atoms with Gasteiger partial charge < -0.3 is 5.73 Å². The van der Waals surface area contributed by atoms with Crippen molar-refractivity contribution in [1.82, 2.24) is 4.98 Å². The second-order valence-corrected chi connectivity index (χ2v) is 5.02. The first kappa shape index (κ1) is 10.1. The minimum absolute atomic E-state index is 0.00731. The zero-order chi connectivity index (χ0) is 9.90. The van der Waals surface area contributed by atoms with Crippen LogP contribution in [0.2, 0.25) is 0 Å². The van der Waals surface area contributed by atoms with Gasteiger partial charge in [-0.2, -0.15) is 0 Å². The lowest BCUT2D eigenvalue weighted by molar-refractivity contribution is 0.600. The highest BCUT2D eigenvalue weighted by molar-refractivity contribution is 7.89. The zero-order valence-corrected chi connectivity index (χ0v) is 8.21. The van der Waals surface area contributed by atoms with Crippen LogP contribution in [-0.4, -0.2) is 19.7 Å². The van der Waals surface area contributed by atoms with Gasteiger partial charge in [0.1, 0.15) is 0 Å². The number of nitrogens with zero attached hydrogens (tertiary/aromatic N) is 1. The van der Waals surface area contributed by atoms with E-state index in [1.54, 1.807) is 18.3 Å². The van der Waals surface area contributed by atoms with E-state index in [0.717, 1.165) is 0 Å². The summed E-state index contributed by atoms with van der Waals surface area (Å²) in [7, 11) is -3.01. The topological polar surface area (TPSA) is 73.0 Å². The summed E-state index contributed by atoms with van der Waals surface area (Å²) < 4.78 is 22.0. The van der Waals surface area contributed by atoms with Crippen LogP contribution < -0.4 is 5.73 Å². The highest BCUT2D eigenvalue weighted by atomic mass is 32.2. The van der Waals surface area contributed by atoms with Crippen molar-refractivity contribution in [3.8, 4) is 0 Å². The van der Waals surface area contributed by atoms with E-state index in [4.69, 9.17) is 5.73 Å². The van der Waals surface area contributed by atoms with Crippen molar-refractivity contribution in [1.29, 1.82) is 0 Å². The minimum atomic E-state index is -3.01. The van der Waals surface area contributed by atoms with E-state index in [2.05, 4.69) is 4.98 Å². The van der Waals surface area contributed by atoms with Crippen LogP contribution in [0.15, 0.2) is 18.3 Å². The molecule has 0 radical (unpaired) electrons. The summed E-state index contributed by atoms with van der Waals surface area (Å²) in [6.07, 6.45) is 2.80. The third-order valence-electron chi connectivity index (χ3n) is 1.60. The molecule has 2 N–H and O–H groups in total. The molecule has 0 atom stereocenters. The Morgan fingerprint density at radius 2 is 2.23 bits per heavy atom. The molecular formula is C8H12N2O2S. The molecule has 0 aliphatic heterocycles. The summed E-state index contributed by atoms with van der Waals surface area (Å²) in [5.74, 6) is 0.00731. The van der Waals surface area contributed by atoms with Crippen molar-refractivity contribution in [2.45, 2.75) is 12.3 Å². The lowest BCUT2D eigenvalue weighted by Gasteiger charge is -2.04. The van der Waals surface area contributed by atoms with Crippen LogP contribution in [0.4, 0.5) is 0 Å². The lowest BCUT2D eigenvalue weighted by atomic mass is 10.2. The normalized spacial score (nSPS) is 11.5. The van der Waals surface area contributed by atoms with Crippen LogP contribution in [-0.2, 0) is 22.1 Å². The largest absolute Gasteiger partial charge is 0.325 e. The minimum Gasteiger partial charge on any atom is -0.325 e. The Balaban J connectivity index is 3.01. The highest BCUT2D eigenvalue weighted by Gasteiger charge is 2.08. The molecule has 1 heterocycles. The number of sulfone groups is 1. The summed E-state index contributed by atoms with van der Waals surface area (Å²) in [6.45, 7) is 0.270. The van der Waals surface area contributed by atoms with Gasteiger partial charge in [-0.15, -0.1) is 0 Å². The van der Waals surface area contributed by atoms with Gasteiger partial charge in [0.25, 0.3) is 0 Å². The van der Waals surface area contributed by atoms with E-state index < -0.39 is 9.84 Å². The van der Waals surface area contributed by atoms with Gasteiger partial charge in [-0.3, -0.25) is 4.98 Å². The van der Waals surface area contributed by atoms with Gasteiger partial charge >= 0.3 is 0 Å². The van der Waals surface area contributed by atoms with Crippen molar-refractivity contribution in [3.63, 3.8) is 0 Å². The maximum Gasteiger partial charge on any atom is 0.151 e. The molecule has 1 rings (SSSR count). The van der Waals surface area contributed by atoms with Crippen LogP contribution in [0, 0.1) is 0 Å². The number of nitrogens with two attached hydrogens (primary N) is 1. The number of hydrogen-bond donors (Lipinski definition) is 1. The van der Waals surface area contributed by atoms with Gasteiger partial charge in [0.2, 0.25) is 0 Å². The molecule has 72 valence electrons. The molecule has 0 aliphatic carbocycles. The predicted octanol–water partition coefficient (Wildman–Crippen LogP) is 0.0849. The molecule has 0 spiro atoms. The molecule has 1 aromatic rings. The van der Waals surface area contributed by atoms with Crippen LogP contribution >= 0.6 is 0 Å². The first-order valence-electron chi connectivity index (χ1n) is 3.83. The lowest BCUT2D eigenvalue weighted by Crippen LogP contribution is -2.08. The molecule has 4 nitrogen and oxygen atoms in total. The molecule has 0 fully saturated rings. The third kappa shape index (κ3) is 3.12. The van der Waals surface area contributed by atoms with Crippen LogP contribution in [0.25, 0.3) is 0 Å². The third-order valence-corrected chi connectivity index (χ3v) is 2.43. The summed E-state index contributed by atoms with van der Waals surface area (Å²) in [6, 6.07) is 3.44. The number of pyridine rings is 1. The first-order chi connectivity index (χ1) is 6.03. The average Bonchev–Trinajstić information content (AvgIpc) is 2.02. The summed E-state index contributed by atoms with van der Waals surface area (Å²) in [5, 5.41) is 0. The molecule has 5 heteroatoms. The zero-order valence-electron chi connectivity index (χ0n) is 7.40. The molecule has 0 aromatic carbocycles. The van der Waals surface area contributed by atoms with Gasteiger partial charge in [0.15, 0.2) is 9.84 Å². The molecule has 0 amide bonds. The summed E-state index contributed by atoms with van der Waals surface area (Å²) in [4.78, 5) is 3.99. The van der Waals surface area contributed by atoms with Crippen LogP contribution in [0.5, 0.6) is 0 Å². The van der Waals surface area contributed by atoms with Crippen molar-refractivity contribution >= 4 is 9.84 Å². The van der Waals surface area contributed by atoms with Gasteiger partial charge in [-0.05, 0) is 11.6 Å². The monoisotopic (exact) mass is 200 g/mol. The summed E-state index contributed by atoms with van der Waals surface area (Å²) in [5.41, 5.74) is 6.75. The van der Waals surface area contributed by atoms with E-state index in [9.17, 15) is 8.42 Å². The fraction of sp³-hybridized carbons (Fsp3) is 0.375. The quantitative estimate of drug-likeness (QED) is 0.750. The average molecular weight is 200 g/mol. The van der Waals surface area contributed by atoms with Crippen LogP contribution in [0.3, 0.4) is 0 Å². The molecule has 0 saturated heterocycles. The van der Waals surface area contributed by atoms with E-state index >= 15 is 0 Å². The Bertz CT molecular complexity index is 387. The van der Waals surface area contributed by atoms with Crippen LogP contribution in [0.1, 0.15) is 11.3 Å². The molecule has 0 bridgehead atoms. The molecule has 1 aromatic heterocycles. The molecule has 0 aliphatic rings. The maximum absolute atomic E-state index is 11.0. The Hall–Kier alpha value is -0.940. The van der Waals surface area contributed by atoms with Crippen molar-refractivity contribution in [2.75, 3.05) is 6.26 Å². The maximum atomic E-state index is 11.0. The van der Waals surface area contributed by atoms with Gasteiger partial charge in [0, 0.05) is 19.0 Å². The first-order valence-corrected chi connectivity index (χ1v) is 5.89. The van der Waals surface area contributed by atoms with Crippen molar-refractivity contribution in [3.05, 3.63) is 29.6 Å². The summed E-state index contributed by atoms with van der Waals surface area (Å²) >= 11 is 0. The predicted molar refractivity (Wildman–Crippen MR) is 50.7 cm³/mol. The van der Waals surface area contributed by atoms with E-state index in [1.807, 2.05) is 0 Å². The number of aromatic nitrogens is 1. The second kappa shape index (κ2) is 3.85. The Kier molecular flexibility index (Phi) is 3.00. The van der Waals surface area contributed by atoms with E-state index in [0.29, 0.717) is 11.3 Å². The molecule has 0 saturated carbocycles. The standard InChI is InChI=1S/C8H12N2O2S/c1-13(11,12)6-7-3-2-4-10-8(7)5-9/h2-4H,5-6,9H2,1H3. The van der Waals surface area contributed by atoms with E-state index in [1.165, 1.54) is 6.26 Å². The van der Waals surface area contributed by atoms with E-state index in [-0.39, 0.29) is 12.3 Å². The molecule has 13 heavy (non-hydrogen) atoms. The van der Waals surface area contributed by atoms with Gasteiger partial charge in [-0.25, -0.2) is 8.42 Å². The fourth-order valence-corrected chi connectivity index (χ4v) is 1.90. The SMILES string of the molecule is CS(=O)(=O)Cc1cccnc1CN. The Labute approximate surface area is 77.7 Å². The smallest absolute Gasteiger partial charge is 0.151 e. The number of hydrogen-bond acceptors (Lipinski definition) is 4. The molecule has 0 unspecified atom stereocenters. The van der Waals surface area contributed by atoms with Crippen molar-refractivity contribution in [2.24, 2.45) is 5.73 Å². The Morgan fingerprint density at radius 1 is 1.54 bits per heavy atom.